The number of ether oxygens (including phenoxy) is 1. The quantitative estimate of drug-likeness (QED) is 0.749. The summed E-state index contributed by atoms with van der Waals surface area (Å²) in [4.78, 5) is 0. The van der Waals surface area contributed by atoms with E-state index in [0.29, 0.717) is 6.61 Å². The maximum Gasteiger partial charge on any atom is 0.123 e. The molecule has 27 heavy (non-hydrogen) atoms. The van der Waals surface area contributed by atoms with Gasteiger partial charge in [0.25, 0.3) is 0 Å². The third kappa shape index (κ3) is 3.77. The van der Waals surface area contributed by atoms with Gasteiger partial charge in [0.1, 0.15) is 11.5 Å². The largest absolute Gasteiger partial charge is 0.376 e. The second kappa shape index (κ2) is 7.58. The van der Waals surface area contributed by atoms with Crippen LogP contribution in [0.15, 0.2) is 42.5 Å². The van der Waals surface area contributed by atoms with Crippen molar-refractivity contribution in [2.75, 3.05) is 6.61 Å². The van der Waals surface area contributed by atoms with Gasteiger partial charge in [-0.15, -0.1) is 5.10 Å². The van der Waals surface area contributed by atoms with Gasteiger partial charge < -0.3 is 10.1 Å². The molecule has 1 aliphatic heterocycles. The number of hydrogen-bond donors (Lipinski definition) is 1. The van der Waals surface area contributed by atoms with Crippen LogP contribution in [0, 0.1) is 12.7 Å². The number of nitrogens with one attached hydrogen (secondary N) is 1. The maximum absolute atomic E-state index is 13.1. The summed E-state index contributed by atoms with van der Waals surface area (Å²) in [5.74, 6) is -0.261. The van der Waals surface area contributed by atoms with Gasteiger partial charge in [0.15, 0.2) is 0 Å². The molecule has 0 radical (unpaired) electrons. The molecule has 0 bridgehead atoms. The number of nitrogens with zero attached hydrogens (tertiary/aromatic N) is 3. The van der Waals surface area contributed by atoms with Crippen LogP contribution < -0.4 is 5.32 Å². The average molecular weight is 366 g/mol. The van der Waals surface area contributed by atoms with Gasteiger partial charge in [-0.1, -0.05) is 23.4 Å². The van der Waals surface area contributed by atoms with Crippen LogP contribution >= 0.6 is 0 Å². The summed E-state index contributed by atoms with van der Waals surface area (Å²) in [6.45, 7) is 6.34. The van der Waals surface area contributed by atoms with Crippen molar-refractivity contribution in [1.82, 2.24) is 20.3 Å². The summed E-state index contributed by atoms with van der Waals surface area (Å²) in [6, 6.07) is 12.9. The zero-order valence-corrected chi connectivity index (χ0v) is 15.6. The number of benzene rings is 2. The second-order valence-corrected chi connectivity index (χ2v) is 6.96. The Bertz CT molecular complexity index is 936. The Morgan fingerprint density at radius 2 is 2.00 bits per heavy atom. The summed E-state index contributed by atoms with van der Waals surface area (Å²) >= 11 is 0. The first kappa shape index (κ1) is 17.8. The molecule has 1 aromatic heterocycles. The molecule has 2 heterocycles. The summed E-state index contributed by atoms with van der Waals surface area (Å²) in [5, 5.41) is 12.1. The molecular weight excluding hydrogens is 343 g/mol. The van der Waals surface area contributed by atoms with Gasteiger partial charge in [-0.3, -0.25) is 0 Å². The minimum Gasteiger partial charge on any atom is -0.376 e. The molecule has 5 nitrogen and oxygen atoms in total. The van der Waals surface area contributed by atoms with Crippen LogP contribution in [-0.4, -0.2) is 21.6 Å². The van der Waals surface area contributed by atoms with Crippen molar-refractivity contribution in [2.24, 2.45) is 0 Å². The lowest BCUT2D eigenvalue weighted by molar-refractivity contribution is 0.110. The van der Waals surface area contributed by atoms with Crippen molar-refractivity contribution >= 4 is 0 Å². The molecule has 4 rings (SSSR count). The Hall–Kier alpha value is -2.57. The summed E-state index contributed by atoms with van der Waals surface area (Å²) in [7, 11) is 0. The van der Waals surface area contributed by atoms with Gasteiger partial charge in [0.05, 0.1) is 30.6 Å². The highest BCUT2D eigenvalue weighted by Crippen LogP contribution is 2.21. The van der Waals surface area contributed by atoms with Crippen molar-refractivity contribution in [3.05, 3.63) is 76.4 Å². The van der Waals surface area contributed by atoms with E-state index in [1.54, 1.807) is 16.8 Å². The van der Waals surface area contributed by atoms with Crippen LogP contribution in [0.3, 0.4) is 0 Å². The molecule has 2 aromatic carbocycles. The third-order valence-corrected chi connectivity index (χ3v) is 5.07. The first-order valence-electron chi connectivity index (χ1n) is 9.22. The van der Waals surface area contributed by atoms with Crippen LogP contribution in [-0.2, 0) is 24.3 Å². The van der Waals surface area contributed by atoms with E-state index in [2.05, 4.69) is 40.8 Å². The monoisotopic (exact) mass is 366 g/mol. The van der Waals surface area contributed by atoms with E-state index < -0.39 is 0 Å². The van der Waals surface area contributed by atoms with E-state index in [0.717, 1.165) is 36.6 Å². The number of fused-ring (bicyclic) bond motifs is 1. The normalized spacial score (nSPS) is 14.8. The predicted octanol–water partition coefficient (Wildman–Crippen LogP) is 3.64. The molecule has 1 N–H and O–H groups in total. The van der Waals surface area contributed by atoms with Crippen LogP contribution in [0.5, 0.6) is 0 Å². The standard InChI is InChI=1S/C21H23FN4O/c1-14(23-12-16-3-4-18-13-27-10-9-17(18)11-16)21-15(2)26(25-24-21)20-7-5-19(22)6-8-20/h3-8,11,14,23H,9-10,12-13H2,1-2H3. The highest BCUT2D eigenvalue weighted by molar-refractivity contribution is 5.34. The lowest BCUT2D eigenvalue weighted by Crippen LogP contribution is -2.20. The van der Waals surface area contributed by atoms with E-state index in [9.17, 15) is 4.39 Å². The number of rotatable bonds is 5. The molecule has 1 atom stereocenters. The highest BCUT2D eigenvalue weighted by Gasteiger charge is 2.16. The van der Waals surface area contributed by atoms with Crippen molar-refractivity contribution in [2.45, 2.75) is 39.5 Å². The Morgan fingerprint density at radius 3 is 2.81 bits per heavy atom. The van der Waals surface area contributed by atoms with E-state index >= 15 is 0 Å². The first-order chi connectivity index (χ1) is 13.1. The van der Waals surface area contributed by atoms with Crippen LogP contribution in [0.25, 0.3) is 5.69 Å². The average Bonchev–Trinajstić information content (AvgIpc) is 3.08. The van der Waals surface area contributed by atoms with Gasteiger partial charge in [-0.05, 0) is 61.2 Å². The van der Waals surface area contributed by atoms with Crippen LogP contribution in [0.1, 0.15) is 41.0 Å². The molecule has 3 aromatic rings. The highest BCUT2D eigenvalue weighted by atomic mass is 19.1. The molecular formula is C21H23FN4O. The van der Waals surface area contributed by atoms with Crippen LogP contribution in [0.2, 0.25) is 0 Å². The minimum absolute atomic E-state index is 0.0542. The van der Waals surface area contributed by atoms with E-state index in [1.807, 2.05) is 6.92 Å². The third-order valence-electron chi connectivity index (χ3n) is 5.07. The molecule has 6 heteroatoms. The van der Waals surface area contributed by atoms with Gasteiger partial charge >= 0.3 is 0 Å². The van der Waals surface area contributed by atoms with Crippen molar-refractivity contribution in [3.8, 4) is 5.69 Å². The predicted molar refractivity (Wildman–Crippen MR) is 101 cm³/mol. The number of halogens is 1. The van der Waals surface area contributed by atoms with E-state index in [4.69, 9.17) is 4.74 Å². The maximum atomic E-state index is 13.1. The lowest BCUT2D eigenvalue weighted by atomic mass is 10.00. The molecule has 140 valence electrons. The summed E-state index contributed by atoms with van der Waals surface area (Å²) < 4.78 is 20.4. The van der Waals surface area contributed by atoms with Crippen molar-refractivity contribution in [1.29, 1.82) is 0 Å². The number of aromatic nitrogens is 3. The fraction of sp³-hybridized carbons (Fsp3) is 0.333. The topological polar surface area (TPSA) is 52.0 Å². The Kier molecular flexibility index (Phi) is 5.01. The smallest absolute Gasteiger partial charge is 0.123 e. The second-order valence-electron chi connectivity index (χ2n) is 6.96. The van der Waals surface area contributed by atoms with Crippen molar-refractivity contribution in [3.63, 3.8) is 0 Å². The molecule has 1 unspecified atom stereocenters. The van der Waals surface area contributed by atoms with Crippen LogP contribution in [0.4, 0.5) is 4.39 Å². The molecule has 0 saturated heterocycles. The molecule has 0 aliphatic carbocycles. The Labute approximate surface area is 158 Å². The van der Waals surface area contributed by atoms with Gasteiger partial charge in [-0.25, -0.2) is 9.07 Å². The van der Waals surface area contributed by atoms with Crippen molar-refractivity contribution < 1.29 is 9.13 Å². The van der Waals surface area contributed by atoms with Gasteiger partial charge in [0.2, 0.25) is 0 Å². The van der Waals surface area contributed by atoms with Gasteiger partial charge in [-0.2, -0.15) is 0 Å². The molecule has 0 saturated carbocycles. The lowest BCUT2D eigenvalue weighted by Gasteiger charge is -2.18. The van der Waals surface area contributed by atoms with E-state index in [-0.39, 0.29) is 11.9 Å². The first-order valence-corrected chi connectivity index (χ1v) is 9.22. The fourth-order valence-electron chi connectivity index (χ4n) is 3.46. The molecule has 1 aliphatic rings. The molecule has 0 fully saturated rings. The summed E-state index contributed by atoms with van der Waals surface area (Å²) in [5.41, 5.74) is 6.57. The fourth-order valence-corrected chi connectivity index (χ4v) is 3.46. The Balaban J connectivity index is 1.46. The zero-order valence-electron chi connectivity index (χ0n) is 15.6. The zero-order chi connectivity index (χ0) is 18.8. The van der Waals surface area contributed by atoms with Gasteiger partial charge in [0, 0.05) is 6.54 Å². The Morgan fingerprint density at radius 1 is 1.19 bits per heavy atom. The summed E-state index contributed by atoms with van der Waals surface area (Å²) in [6.07, 6.45) is 0.976. The number of hydrogen-bond acceptors (Lipinski definition) is 4. The SMILES string of the molecule is Cc1c(C(C)NCc2ccc3c(c2)CCOC3)nnn1-c1ccc(F)cc1. The van der Waals surface area contributed by atoms with E-state index in [1.165, 1.54) is 28.8 Å². The minimum atomic E-state index is -0.261. The molecule has 0 amide bonds. The molecule has 0 spiro atoms.